The van der Waals surface area contributed by atoms with Crippen molar-refractivity contribution in [1.82, 2.24) is 5.32 Å². The molecule has 0 atom stereocenters. The van der Waals surface area contributed by atoms with Crippen LogP contribution in [-0.2, 0) is 4.79 Å². The highest BCUT2D eigenvalue weighted by atomic mass is 19.1. The minimum Gasteiger partial charge on any atom is -0.481 e. The van der Waals surface area contributed by atoms with E-state index in [1.54, 1.807) is 24.3 Å². The van der Waals surface area contributed by atoms with E-state index in [1.807, 2.05) is 0 Å². The first kappa shape index (κ1) is 18.8. The molecule has 2 N–H and O–H groups in total. The van der Waals surface area contributed by atoms with Crippen molar-refractivity contribution in [2.24, 2.45) is 0 Å². The predicted octanol–water partition coefficient (Wildman–Crippen LogP) is 3.65. The van der Waals surface area contributed by atoms with Gasteiger partial charge in [0.2, 0.25) is 0 Å². The highest BCUT2D eigenvalue weighted by Gasteiger charge is 2.20. The second kappa shape index (κ2) is 8.62. The summed E-state index contributed by atoms with van der Waals surface area (Å²) in [6.07, 6.45) is 4.11. The molecule has 1 aliphatic carbocycles. The van der Waals surface area contributed by atoms with E-state index in [2.05, 4.69) is 10.6 Å². The molecule has 2 aromatic rings. The van der Waals surface area contributed by atoms with Crippen LogP contribution in [0, 0.1) is 11.6 Å². The lowest BCUT2D eigenvalue weighted by Crippen LogP contribution is -2.33. The Balaban J connectivity index is 1.61. The van der Waals surface area contributed by atoms with E-state index in [1.165, 1.54) is 0 Å². The van der Waals surface area contributed by atoms with E-state index in [0.717, 1.165) is 37.8 Å². The van der Waals surface area contributed by atoms with Crippen molar-refractivity contribution in [2.45, 2.75) is 31.7 Å². The van der Waals surface area contributed by atoms with Crippen molar-refractivity contribution in [3.8, 4) is 5.75 Å². The van der Waals surface area contributed by atoms with Gasteiger partial charge in [-0.1, -0.05) is 25.0 Å². The number of anilines is 1. The maximum atomic E-state index is 13.5. The van der Waals surface area contributed by atoms with E-state index in [-0.39, 0.29) is 17.7 Å². The average molecular weight is 374 g/mol. The molecule has 0 heterocycles. The number of hydrogen-bond acceptors (Lipinski definition) is 3. The van der Waals surface area contributed by atoms with Gasteiger partial charge in [0.05, 0.1) is 11.3 Å². The van der Waals surface area contributed by atoms with Gasteiger partial charge in [-0.25, -0.2) is 8.78 Å². The highest BCUT2D eigenvalue weighted by molar-refractivity contribution is 6.04. The topological polar surface area (TPSA) is 67.4 Å². The maximum Gasteiger partial charge on any atom is 0.262 e. The van der Waals surface area contributed by atoms with E-state index in [9.17, 15) is 18.4 Å². The second-order valence-corrected chi connectivity index (χ2v) is 6.41. The number of amides is 2. The van der Waals surface area contributed by atoms with E-state index in [4.69, 9.17) is 4.74 Å². The minimum atomic E-state index is -0.890. The van der Waals surface area contributed by atoms with Crippen LogP contribution in [0.3, 0.4) is 0 Å². The SMILES string of the molecule is O=C(COc1ccc(F)cc1F)Nc1ccccc1C(=O)NC1CCCC1. The molecule has 1 aliphatic rings. The summed E-state index contributed by atoms with van der Waals surface area (Å²) in [7, 11) is 0. The Labute approximate surface area is 155 Å². The van der Waals surface area contributed by atoms with Crippen molar-refractivity contribution >= 4 is 17.5 Å². The molecule has 1 saturated carbocycles. The quantitative estimate of drug-likeness (QED) is 0.811. The highest BCUT2D eigenvalue weighted by Crippen LogP contribution is 2.21. The summed E-state index contributed by atoms with van der Waals surface area (Å²) >= 11 is 0. The van der Waals surface area contributed by atoms with Gasteiger partial charge >= 0.3 is 0 Å². The van der Waals surface area contributed by atoms with Crippen LogP contribution in [0.1, 0.15) is 36.0 Å². The van der Waals surface area contributed by atoms with Gasteiger partial charge in [-0.3, -0.25) is 9.59 Å². The fourth-order valence-corrected chi connectivity index (χ4v) is 3.05. The number of para-hydroxylation sites is 1. The molecule has 142 valence electrons. The van der Waals surface area contributed by atoms with Gasteiger partial charge in [0.15, 0.2) is 18.2 Å². The number of benzene rings is 2. The Hall–Kier alpha value is -2.96. The van der Waals surface area contributed by atoms with Gasteiger partial charge in [-0.15, -0.1) is 0 Å². The molecule has 0 aliphatic heterocycles. The first-order valence-electron chi connectivity index (χ1n) is 8.80. The molecule has 5 nitrogen and oxygen atoms in total. The smallest absolute Gasteiger partial charge is 0.262 e. The van der Waals surface area contributed by atoms with Crippen LogP contribution in [0.15, 0.2) is 42.5 Å². The summed E-state index contributed by atoms with van der Waals surface area (Å²) in [4.78, 5) is 24.6. The van der Waals surface area contributed by atoms with E-state index in [0.29, 0.717) is 17.3 Å². The van der Waals surface area contributed by atoms with Crippen molar-refractivity contribution in [2.75, 3.05) is 11.9 Å². The third kappa shape index (κ3) is 5.03. The van der Waals surface area contributed by atoms with Gasteiger partial charge in [0.1, 0.15) is 5.82 Å². The zero-order valence-corrected chi connectivity index (χ0v) is 14.6. The molecule has 1 fully saturated rings. The zero-order chi connectivity index (χ0) is 19.2. The molecule has 0 radical (unpaired) electrons. The summed E-state index contributed by atoms with van der Waals surface area (Å²) in [6, 6.07) is 9.63. The molecular weight excluding hydrogens is 354 g/mol. The van der Waals surface area contributed by atoms with Crippen LogP contribution in [0.5, 0.6) is 5.75 Å². The molecule has 0 saturated heterocycles. The van der Waals surface area contributed by atoms with Crippen LogP contribution in [0.2, 0.25) is 0 Å². The van der Waals surface area contributed by atoms with Gasteiger partial charge in [0.25, 0.3) is 11.8 Å². The second-order valence-electron chi connectivity index (χ2n) is 6.41. The first-order chi connectivity index (χ1) is 13.0. The minimum absolute atomic E-state index is 0.158. The number of halogens is 2. The molecule has 2 aromatic carbocycles. The molecule has 3 rings (SSSR count). The molecule has 2 amide bonds. The number of rotatable bonds is 6. The summed E-state index contributed by atoms with van der Waals surface area (Å²) < 4.78 is 31.5. The number of hydrogen-bond donors (Lipinski definition) is 2. The van der Waals surface area contributed by atoms with Gasteiger partial charge in [-0.05, 0) is 37.1 Å². The van der Waals surface area contributed by atoms with Crippen LogP contribution in [0.4, 0.5) is 14.5 Å². The van der Waals surface area contributed by atoms with Crippen LogP contribution in [-0.4, -0.2) is 24.5 Å². The number of ether oxygens (including phenoxy) is 1. The Bertz CT molecular complexity index is 836. The van der Waals surface area contributed by atoms with Crippen LogP contribution >= 0.6 is 0 Å². The Kier molecular flexibility index (Phi) is 6.01. The monoisotopic (exact) mass is 374 g/mol. The number of carbonyl (C=O) groups excluding carboxylic acids is 2. The Morgan fingerprint density at radius 3 is 2.56 bits per heavy atom. The Morgan fingerprint density at radius 2 is 1.81 bits per heavy atom. The van der Waals surface area contributed by atoms with Gasteiger partial charge < -0.3 is 15.4 Å². The van der Waals surface area contributed by atoms with Crippen LogP contribution < -0.4 is 15.4 Å². The average Bonchev–Trinajstić information content (AvgIpc) is 3.14. The normalized spacial score (nSPS) is 14.0. The summed E-state index contributed by atoms with van der Waals surface area (Å²) in [5.74, 6) is -2.65. The van der Waals surface area contributed by atoms with E-state index >= 15 is 0 Å². The molecule has 7 heteroatoms. The molecule has 27 heavy (non-hydrogen) atoms. The van der Waals surface area contributed by atoms with Gasteiger partial charge in [0, 0.05) is 12.1 Å². The summed E-state index contributed by atoms with van der Waals surface area (Å²) in [5, 5.41) is 5.57. The molecule has 0 bridgehead atoms. The largest absolute Gasteiger partial charge is 0.481 e. The summed E-state index contributed by atoms with van der Waals surface area (Å²) in [5.41, 5.74) is 0.701. The molecule has 0 spiro atoms. The molecular formula is C20H20F2N2O3. The maximum absolute atomic E-state index is 13.5. The zero-order valence-electron chi connectivity index (χ0n) is 14.6. The predicted molar refractivity (Wildman–Crippen MR) is 96.6 cm³/mol. The lowest BCUT2D eigenvalue weighted by molar-refractivity contribution is -0.118. The third-order valence-corrected chi connectivity index (χ3v) is 4.39. The van der Waals surface area contributed by atoms with Crippen molar-refractivity contribution < 1.29 is 23.1 Å². The number of nitrogens with one attached hydrogen (secondary N) is 2. The van der Waals surface area contributed by atoms with Crippen molar-refractivity contribution in [3.63, 3.8) is 0 Å². The Morgan fingerprint density at radius 1 is 1.07 bits per heavy atom. The van der Waals surface area contributed by atoms with Gasteiger partial charge in [-0.2, -0.15) is 0 Å². The van der Waals surface area contributed by atoms with E-state index < -0.39 is 24.1 Å². The standard InChI is InChI=1S/C20H20F2N2O3/c21-13-9-10-18(16(22)11-13)27-12-19(25)24-17-8-4-3-7-15(17)20(26)23-14-5-1-2-6-14/h3-4,7-11,14H,1-2,5-6,12H2,(H,23,26)(H,24,25). The fourth-order valence-electron chi connectivity index (χ4n) is 3.05. The fraction of sp³-hybridized carbons (Fsp3) is 0.300. The number of carbonyl (C=O) groups is 2. The van der Waals surface area contributed by atoms with Crippen LogP contribution in [0.25, 0.3) is 0 Å². The third-order valence-electron chi connectivity index (χ3n) is 4.39. The lowest BCUT2D eigenvalue weighted by Gasteiger charge is -2.15. The lowest BCUT2D eigenvalue weighted by atomic mass is 10.1. The first-order valence-corrected chi connectivity index (χ1v) is 8.80. The van der Waals surface area contributed by atoms with Crippen molar-refractivity contribution in [3.05, 3.63) is 59.7 Å². The van der Waals surface area contributed by atoms with Crippen molar-refractivity contribution in [1.29, 1.82) is 0 Å². The molecule has 0 aromatic heterocycles. The molecule has 0 unspecified atom stereocenters. The summed E-state index contributed by atoms with van der Waals surface area (Å²) in [6.45, 7) is -0.471.